The number of anilines is 1. The number of carbonyl (C=O) groups excluding carboxylic acids is 1. The number of aromatic nitrogens is 3. The summed E-state index contributed by atoms with van der Waals surface area (Å²) in [6, 6.07) is 7.03. The second kappa shape index (κ2) is 6.57. The highest BCUT2D eigenvalue weighted by Crippen LogP contribution is 2.24. The highest BCUT2D eigenvalue weighted by Gasteiger charge is 2.09. The first-order valence-electron chi connectivity index (χ1n) is 7.63. The van der Waals surface area contributed by atoms with Crippen LogP contribution in [0.2, 0.25) is 5.02 Å². The van der Waals surface area contributed by atoms with Crippen molar-refractivity contribution < 1.29 is 9.90 Å². The van der Waals surface area contributed by atoms with Crippen molar-refractivity contribution in [2.45, 2.75) is 20.3 Å². The Balaban J connectivity index is 2.01. The van der Waals surface area contributed by atoms with Crippen LogP contribution in [0.15, 0.2) is 30.5 Å². The molecule has 2 N–H and O–H groups in total. The van der Waals surface area contributed by atoms with Crippen molar-refractivity contribution >= 4 is 41.2 Å². The highest BCUT2D eigenvalue weighted by molar-refractivity contribution is 6.33. The molecule has 3 rings (SSSR count). The van der Waals surface area contributed by atoms with Crippen LogP contribution in [0.25, 0.3) is 18.0 Å². The normalized spacial score (nSPS) is 12.3. The van der Waals surface area contributed by atoms with Gasteiger partial charge in [-0.3, -0.25) is 4.79 Å². The van der Waals surface area contributed by atoms with Gasteiger partial charge in [-0.2, -0.15) is 5.10 Å². The number of nitrogens with zero attached hydrogens (tertiary/aromatic N) is 3. The van der Waals surface area contributed by atoms with Crippen LogP contribution in [0.1, 0.15) is 18.2 Å². The van der Waals surface area contributed by atoms with Gasteiger partial charge in [-0.1, -0.05) is 24.2 Å². The molecule has 0 aliphatic carbocycles. The van der Waals surface area contributed by atoms with E-state index in [9.17, 15) is 9.90 Å². The fourth-order valence-corrected chi connectivity index (χ4v) is 2.88. The first kappa shape index (κ1) is 17.0. The van der Waals surface area contributed by atoms with Gasteiger partial charge in [0.25, 0.3) is 0 Å². The van der Waals surface area contributed by atoms with Crippen LogP contribution in [0.5, 0.6) is 0 Å². The summed E-state index contributed by atoms with van der Waals surface area (Å²) < 4.78 is 1.66. The third-order valence-electron chi connectivity index (χ3n) is 3.73. The van der Waals surface area contributed by atoms with Crippen LogP contribution < -0.4 is 15.9 Å². The molecule has 2 heterocycles. The predicted molar refractivity (Wildman–Crippen MR) is 98.0 cm³/mol. The van der Waals surface area contributed by atoms with E-state index in [1.165, 1.54) is 6.92 Å². The Morgan fingerprint density at radius 1 is 1.40 bits per heavy atom. The summed E-state index contributed by atoms with van der Waals surface area (Å²) in [4.78, 5) is 15.5. The average molecular weight is 357 g/mol. The van der Waals surface area contributed by atoms with Crippen molar-refractivity contribution in [1.29, 1.82) is 0 Å². The minimum absolute atomic E-state index is 0.135. The second-order valence-corrected chi connectivity index (χ2v) is 6.21. The van der Waals surface area contributed by atoms with Crippen molar-refractivity contribution in [1.82, 2.24) is 14.6 Å². The van der Waals surface area contributed by atoms with Gasteiger partial charge in [0.1, 0.15) is 5.76 Å². The lowest BCUT2D eigenvalue weighted by atomic mass is 10.1. The molecule has 0 atom stereocenters. The van der Waals surface area contributed by atoms with Crippen LogP contribution in [0, 0.1) is 6.92 Å². The summed E-state index contributed by atoms with van der Waals surface area (Å²) in [5.41, 5.74) is 2.78. The minimum atomic E-state index is -0.194. The van der Waals surface area contributed by atoms with E-state index in [0.29, 0.717) is 26.9 Å². The molecule has 0 unspecified atom stereocenters. The fourth-order valence-electron chi connectivity index (χ4n) is 2.63. The monoisotopic (exact) mass is 356 g/mol. The lowest BCUT2D eigenvalue weighted by Gasteiger charge is -2.07. The van der Waals surface area contributed by atoms with Gasteiger partial charge in [0.2, 0.25) is 5.91 Å². The molecule has 0 fully saturated rings. The van der Waals surface area contributed by atoms with E-state index in [-0.39, 0.29) is 18.1 Å². The summed E-state index contributed by atoms with van der Waals surface area (Å²) in [7, 11) is 0. The van der Waals surface area contributed by atoms with E-state index in [1.54, 1.807) is 28.9 Å². The van der Waals surface area contributed by atoms with Gasteiger partial charge >= 0.3 is 0 Å². The molecule has 1 amide bonds. The number of aryl methyl sites for hydroxylation is 1. The molecule has 0 saturated carbocycles. The Morgan fingerprint density at radius 3 is 2.84 bits per heavy atom. The predicted octanol–water partition coefficient (Wildman–Crippen LogP) is 1.97. The van der Waals surface area contributed by atoms with E-state index in [2.05, 4.69) is 22.0 Å². The van der Waals surface area contributed by atoms with Crippen molar-refractivity contribution in [3.8, 4) is 0 Å². The molecule has 0 aliphatic rings. The molecule has 6 nitrogen and oxygen atoms in total. The van der Waals surface area contributed by atoms with E-state index in [0.717, 1.165) is 11.3 Å². The molecule has 3 aromatic rings. The van der Waals surface area contributed by atoms with Crippen molar-refractivity contribution in [3.05, 3.63) is 57.3 Å². The van der Waals surface area contributed by atoms with Gasteiger partial charge in [-0.25, -0.2) is 9.50 Å². The third kappa shape index (κ3) is 3.49. The Kier molecular flexibility index (Phi) is 4.46. The maximum absolute atomic E-state index is 11.1. The van der Waals surface area contributed by atoms with E-state index in [1.807, 2.05) is 13.0 Å². The fraction of sp³-hybridized carbons (Fsp3) is 0.167. The molecule has 0 spiro atoms. The number of nitrogens with one attached hydrogen (secondary N) is 1. The molecular formula is C18H17ClN4O2. The number of aliphatic hydroxyl groups excluding tert-OH is 1. The van der Waals surface area contributed by atoms with Crippen molar-refractivity contribution in [2.24, 2.45) is 0 Å². The molecule has 0 bridgehead atoms. The van der Waals surface area contributed by atoms with Crippen molar-refractivity contribution in [3.63, 3.8) is 0 Å². The molecule has 2 aromatic heterocycles. The lowest BCUT2D eigenvalue weighted by Crippen LogP contribution is -2.15. The number of amides is 1. The average Bonchev–Trinajstić information content (AvgIpc) is 2.93. The first-order valence-corrected chi connectivity index (χ1v) is 8.01. The zero-order chi connectivity index (χ0) is 18.1. The van der Waals surface area contributed by atoms with Gasteiger partial charge in [0.15, 0.2) is 5.65 Å². The van der Waals surface area contributed by atoms with Crippen LogP contribution in [-0.4, -0.2) is 25.6 Å². The Morgan fingerprint density at radius 2 is 2.16 bits per heavy atom. The maximum atomic E-state index is 11.1. The van der Waals surface area contributed by atoms with Crippen molar-refractivity contribution in [2.75, 3.05) is 5.32 Å². The summed E-state index contributed by atoms with van der Waals surface area (Å²) in [6.07, 6.45) is 1.85. The summed E-state index contributed by atoms with van der Waals surface area (Å²) >= 11 is 6.18. The summed E-state index contributed by atoms with van der Waals surface area (Å²) in [5, 5.41) is 19.0. The van der Waals surface area contributed by atoms with E-state index < -0.39 is 0 Å². The topological polar surface area (TPSA) is 79.5 Å². The minimum Gasteiger partial charge on any atom is -0.511 e. The largest absolute Gasteiger partial charge is 0.511 e. The van der Waals surface area contributed by atoms with Crippen LogP contribution in [0.4, 0.5) is 5.69 Å². The maximum Gasteiger partial charge on any atom is 0.221 e. The smallest absolute Gasteiger partial charge is 0.221 e. The number of aliphatic hydroxyl groups is 1. The van der Waals surface area contributed by atoms with Gasteiger partial charge in [0.05, 0.1) is 27.5 Å². The number of halogens is 1. The van der Waals surface area contributed by atoms with E-state index >= 15 is 0 Å². The van der Waals surface area contributed by atoms with Crippen LogP contribution in [-0.2, 0) is 11.2 Å². The second-order valence-electron chi connectivity index (χ2n) is 5.80. The Bertz CT molecular complexity index is 1090. The van der Waals surface area contributed by atoms with Gasteiger partial charge < -0.3 is 10.4 Å². The molecule has 0 saturated heterocycles. The Hall–Kier alpha value is -2.86. The molecule has 0 radical (unpaired) electrons. The Labute approximate surface area is 149 Å². The molecular weight excluding hydrogens is 340 g/mol. The molecule has 1 aromatic carbocycles. The van der Waals surface area contributed by atoms with Gasteiger partial charge in [-0.05, 0) is 30.7 Å². The molecule has 7 heteroatoms. The zero-order valence-electron chi connectivity index (χ0n) is 13.9. The molecule has 128 valence electrons. The quantitative estimate of drug-likeness (QED) is 0.752. The number of hydrogen-bond donors (Lipinski definition) is 2. The first-order chi connectivity index (χ1) is 11.8. The SMILES string of the molecule is C=c1cc(C)n2ncc(=C(O)Cc3ccc(NC(C)=O)c(Cl)c3)c2n1. The zero-order valence-corrected chi connectivity index (χ0v) is 14.6. The number of rotatable bonds is 3. The third-order valence-corrected chi connectivity index (χ3v) is 4.04. The summed E-state index contributed by atoms with van der Waals surface area (Å²) in [5.74, 6) is -0.0586. The number of fused-ring (bicyclic) bond motifs is 1. The highest BCUT2D eigenvalue weighted by atomic mass is 35.5. The van der Waals surface area contributed by atoms with E-state index in [4.69, 9.17) is 11.6 Å². The lowest BCUT2D eigenvalue weighted by molar-refractivity contribution is -0.114. The number of benzene rings is 1. The summed E-state index contributed by atoms with van der Waals surface area (Å²) in [6.45, 7) is 7.16. The van der Waals surface area contributed by atoms with Gasteiger partial charge in [0, 0.05) is 19.0 Å². The van der Waals surface area contributed by atoms with Crippen LogP contribution in [0.3, 0.4) is 0 Å². The number of carbonyl (C=O) groups is 1. The molecule has 0 aliphatic heterocycles. The molecule has 25 heavy (non-hydrogen) atoms. The van der Waals surface area contributed by atoms with Crippen LogP contribution >= 0.6 is 11.6 Å². The standard InChI is InChI=1S/C18H17ClN4O2/c1-10-6-11(2)23-18(21-10)14(9-20-23)17(25)8-13-4-5-16(15(19)7-13)22-12(3)24/h4-7,9,25H,1,8H2,2-3H3,(H,22,24). The number of hydrogen-bond acceptors (Lipinski definition) is 4. The van der Waals surface area contributed by atoms with Gasteiger partial charge in [-0.15, -0.1) is 0 Å².